The topological polar surface area (TPSA) is 16.4 Å². The van der Waals surface area contributed by atoms with Gasteiger partial charge in [0.05, 0.1) is 5.69 Å². The molecule has 0 aliphatic heterocycles. The van der Waals surface area contributed by atoms with E-state index < -0.39 is 0 Å². The fraction of sp³-hybridized carbons (Fsp3) is 0. The molecule has 0 N–H and O–H groups in total. The zero-order valence-corrected chi connectivity index (χ0v) is 24.0. The molecule has 0 atom stereocenters. The molecule has 0 amide bonds. The van der Waals surface area contributed by atoms with E-state index in [1.54, 1.807) is 0 Å². The molecule has 7 aromatic carbocycles. The van der Waals surface area contributed by atoms with Gasteiger partial charge in [0.15, 0.2) is 5.58 Å². The highest BCUT2D eigenvalue weighted by atomic mass is 32.1. The number of nitrogens with zero attached hydrogens (tertiary/aromatic N) is 1. The van der Waals surface area contributed by atoms with E-state index in [1.165, 1.54) is 42.1 Å². The number of benzene rings is 7. The fourth-order valence-corrected chi connectivity index (χ4v) is 7.62. The Morgan fingerprint density at radius 2 is 1.19 bits per heavy atom. The maximum atomic E-state index is 6.55. The summed E-state index contributed by atoms with van der Waals surface area (Å²) in [4.78, 5) is 2.34. The largest absolute Gasteiger partial charge is 0.454 e. The van der Waals surface area contributed by atoms with Gasteiger partial charge in [0.1, 0.15) is 5.58 Å². The first-order chi connectivity index (χ1) is 21.3. The van der Waals surface area contributed by atoms with Crippen LogP contribution < -0.4 is 4.90 Å². The molecule has 0 aliphatic rings. The lowest BCUT2D eigenvalue weighted by molar-refractivity contribution is 0.669. The Morgan fingerprint density at radius 3 is 2.07 bits per heavy atom. The molecule has 9 aromatic rings. The zero-order valence-electron chi connectivity index (χ0n) is 23.2. The molecule has 43 heavy (non-hydrogen) atoms. The van der Waals surface area contributed by atoms with Gasteiger partial charge in [0, 0.05) is 42.3 Å². The monoisotopic (exact) mass is 567 g/mol. The van der Waals surface area contributed by atoms with Crippen molar-refractivity contribution < 1.29 is 4.42 Å². The van der Waals surface area contributed by atoms with Crippen molar-refractivity contribution >= 4 is 81.3 Å². The van der Waals surface area contributed by atoms with E-state index >= 15 is 0 Å². The summed E-state index contributed by atoms with van der Waals surface area (Å²) >= 11 is 1.87. The van der Waals surface area contributed by atoms with Crippen molar-refractivity contribution in [1.82, 2.24) is 0 Å². The average Bonchev–Trinajstić information content (AvgIpc) is 3.65. The highest BCUT2D eigenvalue weighted by Crippen LogP contribution is 2.45. The van der Waals surface area contributed by atoms with E-state index in [0.717, 1.165) is 39.0 Å². The molecule has 2 heterocycles. The van der Waals surface area contributed by atoms with E-state index in [0.29, 0.717) is 0 Å². The summed E-state index contributed by atoms with van der Waals surface area (Å²) in [6.45, 7) is 0. The van der Waals surface area contributed by atoms with Crippen molar-refractivity contribution in [3.05, 3.63) is 152 Å². The van der Waals surface area contributed by atoms with Crippen LogP contribution in [0.1, 0.15) is 0 Å². The van der Waals surface area contributed by atoms with E-state index in [-0.39, 0.29) is 0 Å². The van der Waals surface area contributed by atoms with E-state index in [9.17, 15) is 0 Å². The highest BCUT2D eigenvalue weighted by molar-refractivity contribution is 7.26. The van der Waals surface area contributed by atoms with Crippen LogP contribution in [0.4, 0.5) is 17.1 Å². The Kier molecular flexibility index (Phi) is 5.40. The van der Waals surface area contributed by atoms with Gasteiger partial charge >= 0.3 is 0 Å². The SMILES string of the molecule is c1ccc(-c2ccc(N(c3ccc4sc5c6ccccc6ccc5c4c3)c3cccc4c3oc3ccccc34)cc2)cc1. The lowest BCUT2D eigenvalue weighted by atomic mass is 10.0. The third-order valence-electron chi connectivity index (χ3n) is 8.46. The van der Waals surface area contributed by atoms with Crippen LogP contribution in [0.15, 0.2) is 156 Å². The number of thiophene rings is 1. The Balaban J connectivity index is 1.28. The summed E-state index contributed by atoms with van der Waals surface area (Å²) in [6.07, 6.45) is 0. The molecule has 3 heteroatoms. The van der Waals surface area contributed by atoms with Gasteiger partial charge < -0.3 is 9.32 Å². The molecular weight excluding hydrogens is 543 g/mol. The van der Waals surface area contributed by atoms with Crippen LogP contribution in [0, 0.1) is 0 Å². The molecule has 0 bridgehead atoms. The Labute approximate surface area is 252 Å². The van der Waals surface area contributed by atoms with Crippen molar-refractivity contribution in [2.45, 2.75) is 0 Å². The van der Waals surface area contributed by atoms with E-state index in [2.05, 4.69) is 144 Å². The summed E-state index contributed by atoms with van der Waals surface area (Å²) in [5, 5.41) is 7.40. The fourth-order valence-electron chi connectivity index (χ4n) is 6.40. The van der Waals surface area contributed by atoms with Gasteiger partial charge in [-0.05, 0) is 64.4 Å². The third kappa shape index (κ3) is 3.86. The summed E-state index contributed by atoms with van der Waals surface area (Å²) < 4.78 is 9.18. The lowest BCUT2D eigenvalue weighted by Crippen LogP contribution is -2.10. The summed E-state index contributed by atoms with van der Waals surface area (Å²) in [5.74, 6) is 0. The minimum Gasteiger partial charge on any atom is -0.454 e. The zero-order chi connectivity index (χ0) is 28.3. The highest BCUT2D eigenvalue weighted by Gasteiger charge is 2.20. The van der Waals surface area contributed by atoms with Crippen LogP contribution in [0.2, 0.25) is 0 Å². The molecule has 2 nitrogen and oxygen atoms in total. The molecular formula is C40H25NOS. The molecule has 2 aromatic heterocycles. The quantitative estimate of drug-likeness (QED) is 0.210. The van der Waals surface area contributed by atoms with Crippen LogP contribution >= 0.6 is 11.3 Å². The second-order valence-corrected chi connectivity index (χ2v) is 12.0. The molecule has 0 saturated heterocycles. The van der Waals surface area contributed by atoms with Crippen LogP contribution in [0.25, 0.3) is 64.0 Å². The first-order valence-electron chi connectivity index (χ1n) is 14.5. The minimum absolute atomic E-state index is 0.886. The minimum atomic E-state index is 0.886. The lowest BCUT2D eigenvalue weighted by Gasteiger charge is -2.26. The van der Waals surface area contributed by atoms with Crippen LogP contribution in [-0.4, -0.2) is 0 Å². The van der Waals surface area contributed by atoms with E-state index in [4.69, 9.17) is 4.42 Å². The number of hydrogen-bond acceptors (Lipinski definition) is 3. The van der Waals surface area contributed by atoms with Gasteiger partial charge in [0.2, 0.25) is 0 Å². The van der Waals surface area contributed by atoms with Gasteiger partial charge in [-0.1, -0.05) is 109 Å². The Bertz CT molecular complexity index is 2450. The molecule has 0 saturated carbocycles. The van der Waals surface area contributed by atoms with Gasteiger partial charge in [-0.2, -0.15) is 0 Å². The van der Waals surface area contributed by atoms with Gasteiger partial charge in [-0.25, -0.2) is 0 Å². The van der Waals surface area contributed by atoms with Crippen LogP contribution in [0.5, 0.6) is 0 Å². The number of para-hydroxylation sites is 2. The molecule has 0 radical (unpaired) electrons. The van der Waals surface area contributed by atoms with Crippen molar-refractivity contribution in [2.75, 3.05) is 4.90 Å². The van der Waals surface area contributed by atoms with Gasteiger partial charge in [-0.15, -0.1) is 11.3 Å². The van der Waals surface area contributed by atoms with E-state index in [1.807, 2.05) is 23.5 Å². The molecule has 0 fully saturated rings. The summed E-state index contributed by atoms with van der Waals surface area (Å²) in [7, 11) is 0. The number of rotatable bonds is 4. The Hall–Kier alpha value is -5.38. The second kappa shape index (κ2) is 9.59. The maximum Gasteiger partial charge on any atom is 0.159 e. The number of fused-ring (bicyclic) bond motifs is 8. The molecule has 202 valence electrons. The molecule has 0 unspecified atom stereocenters. The van der Waals surface area contributed by atoms with Crippen molar-refractivity contribution in [1.29, 1.82) is 0 Å². The summed E-state index contributed by atoms with van der Waals surface area (Å²) in [5.41, 5.74) is 7.38. The molecule has 0 spiro atoms. The van der Waals surface area contributed by atoms with Crippen LogP contribution in [0.3, 0.4) is 0 Å². The predicted octanol–water partition coefficient (Wildman–Crippen LogP) is 12.2. The summed E-state index contributed by atoms with van der Waals surface area (Å²) in [6, 6.07) is 54.2. The third-order valence-corrected chi connectivity index (χ3v) is 9.68. The van der Waals surface area contributed by atoms with Crippen LogP contribution in [-0.2, 0) is 0 Å². The molecule has 0 aliphatic carbocycles. The smallest absolute Gasteiger partial charge is 0.159 e. The van der Waals surface area contributed by atoms with Crippen molar-refractivity contribution in [2.24, 2.45) is 0 Å². The normalized spacial score (nSPS) is 11.7. The number of hydrogen-bond donors (Lipinski definition) is 0. The standard InChI is InChI=1S/C40H25NOS/c1-2-9-26(10-3-1)27-17-20-29(21-18-27)41(36-15-8-14-33-32-13-6-7-16-37(32)42-39(33)36)30-22-24-38-35(25-30)34-23-19-28-11-4-5-12-31(28)40(34)43-38/h1-25H. The number of anilines is 3. The maximum absolute atomic E-state index is 6.55. The first-order valence-corrected chi connectivity index (χ1v) is 15.3. The Morgan fingerprint density at radius 1 is 0.465 bits per heavy atom. The molecule has 9 rings (SSSR count). The van der Waals surface area contributed by atoms with Gasteiger partial charge in [-0.3, -0.25) is 0 Å². The average molecular weight is 568 g/mol. The second-order valence-electron chi connectivity index (χ2n) is 10.9. The number of furan rings is 1. The predicted molar refractivity (Wildman–Crippen MR) is 184 cm³/mol. The first kappa shape index (κ1) is 24.2. The van der Waals surface area contributed by atoms with Gasteiger partial charge in [0.25, 0.3) is 0 Å². The van der Waals surface area contributed by atoms with Crippen molar-refractivity contribution in [3.63, 3.8) is 0 Å². The van der Waals surface area contributed by atoms with Crippen molar-refractivity contribution in [3.8, 4) is 11.1 Å².